The molecule has 0 spiro atoms. The van der Waals surface area contributed by atoms with Gasteiger partial charge in [-0.05, 0) is 189 Å². The van der Waals surface area contributed by atoms with E-state index in [-0.39, 0.29) is 0 Å². The molecule has 0 bridgehead atoms. The van der Waals surface area contributed by atoms with Crippen molar-refractivity contribution in [3.63, 3.8) is 0 Å². The maximum absolute atomic E-state index is 6.52. The van der Waals surface area contributed by atoms with Gasteiger partial charge in [0.05, 0.1) is 12.2 Å². The first-order valence-electron chi connectivity index (χ1n) is 25.1. The molecule has 0 aromatic carbocycles. The molecule has 7 rings (SSSR count). The third kappa shape index (κ3) is 9.99. The zero-order chi connectivity index (χ0) is 37.6. The lowest BCUT2D eigenvalue weighted by atomic mass is 9.51. The van der Waals surface area contributed by atoms with Crippen molar-refractivity contribution in [1.82, 2.24) is 9.80 Å². The van der Waals surface area contributed by atoms with E-state index in [1.54, 1.807) is 0 Å². The number of unbranched alkanes of at least 4 members (excludes halogenated alkanes) is 2. The Kier molecular flexibility index (Phi) is 15.7. The lowest BCUT2D eigenvalue weighted by Crippen LogP contribution is -2.69. The Labute approximate surface area is 335 Å². The van der Waals surface area contributed by atoms with Crippen molar-refractivity contribution < 1.29 is 9.47 Å². The summed E-state index contributed by atoms with van der Waals surface area (Å²) in [6.45, 7) is 17.0. The number of fused-ring (bicyclic) bond motifs is 2. The first-order valence-corrected chi connectivity index (χ1v) is 25.1. The van der Waals surface area contributed by atoms with Gasteiger partial charge in [0, 0.05) is 49.5 Å². The Morgan fingerprint density at radius 2 is 0.685 bits per heavy atom. The van der Waals surface area contributed by atoms with Crippen molar-refractivity contribution >= 4 is 0 Å². The van der Waals surface area contributed by atoms with Gasteiger partial charge in [0.1, 0.15) is 0 Å². The van der Waals surface area contributed by atoms with E-state index in [1.165, 1.54) is 167 Å². The summed E-state index contributed by atoms with van der Waals surface area (Å²) < 4.78 is 13.0. The molecule has 4 heteroatoms. The number of ether oxygens (including phenoxy) is 2. The summed E-state index contributed by atoms with van der Waals surface area (Å²) >= 11 is 0. The van der Waals surface area contributed by atoms with Crippen molar-refractivity contribution in [2.75, 3.05) is 13.2 Å². The molecule has 0 saturated heterocycles. The van der Waals surface area contributed by atoms with Crippen LogP contribution >= 0.6 is 0 Å². The summed E-state index contributed by atoms with van der Waals surface area (Å²) in [5, 5.41) is 0. The van der Waals surface area contributed by atoms with Gasteiger partial charge in [0.25, 0.3) is 0 Å². The van der Waals surface area contributed by atoms with Gasteiger partial charge in [-0.3, -0.25) is 9.80 Å². The fourth-order valence-corrected chi connectivity index (χ4v) is 14.5. The van der Waals surface area contributed by atoms with Crippen LogP contribution in [0.15, 0.2) is 0 Å². The molecule has 0 N–H and O–H groups in total. The van der Waals surface area contributed by atoms with Crippen LogP contribution in [-0.4, -0.2) is 71.5 Å². The van der Waals surface area contributed by atoms with Crippen LogP contribution in [0.4, 0.5) is 0 Å². The third-order valence-electron chi connectivity index (χ3n) is 17.5. The van der Waals surface area contributed by atoms with Crippen LogP contribution in [0.5, 0.6) is 0 Å². The summed E-state index contributed by atoms with van der Waals surface area (Å²) in [6.07, 6.45) is 37.4. The highest BCUT2D eigenvalue weighted by Crippen LogP contribution is 2.58. The molecule has 7 aliphatic carbocycles. The van der Waals surface area contributed by atoms with E-state index in [1.807, 2.05) is 0 Å². The second kappa shape index (κ2) is 20.2. The maximum Gasteiger partial charge on any atom is 0.0576 e. The average Bonchev–Trinajstić information content (AvgIpc) is 3.18. The van der Waals surface area contributed by atoms with E-state index >= 15 is 0 Å². The Hall–Kier alpha value is -0.160. The minimum Gasteiger partial charge on any atom is -0.378 e. The normalized spacial score (nSPS) is 44.9. The monoisotopic (exact) mass is 751 g/mol. The van der Waals surface area contributed by atoms with Crippen LogP contribution in [0.2, 0.25) is 0 Å². The molecule has 0 heterocycles. The van der Waals surface area contributed by atoms with Gasteiger partial charge in [-0.2, -0.15) is 0 Å². The molecule has 0 radical (unpaired) electrons. The van der Waals surface area contributed by atoms with E-state index in [9.17, 15) is 0 Å². The molecule has 0 aromatic heterocycles. The number of hydrogen-bond acceptors (Lipinski definition) is 4. The van der Waals surface area contributed by atoms with Crippen molar-refractivity contribution in [2.24, 2.45) is 47.3 Å². The van der Waals surface area contributed by atoms with E-state index < -0.39 is 0 Å². The lowest BCUT2D eigenvalue weighted by molar-refractivity contribution is -0.159. The number of nitrogens with zero attached hydrogens (tertiary/aromatic N) is 2. The van der Waals surface area contributed by atoms with Crippen LogP contribution in [0.1, 0.15) is 208 Å². The molecule has 6 unspecified atom stereocenters. The molecular weight excluding hydrogens is 661 g/mol. The van der Waals surface area contributed by atoms with Crippen LogP contribution in [0.25, 0.3) is 0 Å². The maximum atomic E-state index is 6.52. The fourth-order valence-electron chi connectivity index (χ4n) is 14.5. The standard InChI is InChI=1S/C50H90N2O2/c1-7-9-31-53-43-25-21-41(22-26-43)51(39-17-11-35(3)12-18-39)49-45-29-15-37(5)33-47(45)50(48-34-38(6)16-30-46(48)49)52(40-19-13-36(4)14-20-40)42-23-27-44(28-24-42)54-32-10-8-2/h35-50H,7-34H2,1-6H3. The highest BCUT2D eigenvalue weighted by Gasteiger charge is 2.58. The molecule has 312 valence electrons. The predicted octanol–water partition coefficient (Wildman–Crippen LogP) is 12.9. The van der Waals surface area contributed by atoms with Crippen molar-refractivity contribution in [3.05, 3.63) is 0 Å². The minimum atomic E-state index is 0.514. The van der Waals surface area contributed by atoms with Gasteiger partial charge in [-0.1, -0.05) is 67.2 Å². The first-order chi connectivity index (χ1) is 26.3. The van der Waals surface area contributed by atoms with E-state index in [4.69, 9.17) is 9.47 Å². The Morgan fingerprint density at radius 1 is 0.370 bits per heavy atom. The van der Waals surface area contributed by atoms with Crippen LogP contribution in [0.3, 0.4) is 0 Å². The molecular formula is C50H90N2O2. The molecule has 7 saturated carbocycles. The van der Waals surface area contributed by atoms with Gasteiger partial charge in [-0.15, -0.1) is 0 Å². The second-order valence-corrected chi connectivity index (χ2v) is 21.5. The largest absolute Gasteiger partial charge is 0.378 e. The zero-order valence-corrected chi connectivity index (χ0v) is 36.7. The van der Waals surface area contributed by atoms with Gasteiger partial charge in [0.2, 0.25) is 0 Å². The predicted molar refractivity (Wildman–Crippen MR) is 228 cm³/mol. The Balaban J connectivity index is 1.21. The zero-order valence-electron chi connectivity index (χ0n) is 36.7. The number of rotatable bonds is 14. The third-order valence-corrected chi connectivity index (χ3v) is 17.5. The first kappa shape index (κ1) is 42.0. The molecule has 6 atom stereocenters. The molecule has 7 aliphatic rings. The lowest BCUT2D eigenvalue weighted by Gasteiger charge is -2.65. The highest BCUT2D eigenvalue weighted by molar-refractivity contribution is 5.11. The van der Waals surface area contributed by atoms with Crippen LogP contribution in [-0.2, 0) is 9.47 Å². The minimum absolute atomic E-state index is 0.514. The SMILES string of the molecule is CCCCOC1CCC(N(C2CCC(C)CC2)C2C3CCC(C)CC3C(N(C3CCC(C)CC3)C3CCC(OCCCC)CC3)C3CC(C)CCC32)CC1. The fraction of sp³-hybridized carbons (Fsp3) is 1.00. The number of hydrogen-bond donors (Lipinski definition) is 0. The molecule has 7 fully saturated rings. The molecule has 54 heavy (non-hydrogen) atoms. The second-order valence-electron chi connectivity index (χ2n) is 21.5. The van der Waals surface area contributed by atoms with Gasteiger partial charge < -0.3 is 9.47 Å². The summed E-state index contributed by atoms with van der Waals surface area (Å²) in [5.74, 6) is 7.21. The Morgan fingerprint density at radius 3 is 1.04 bits per heavy atom. The summed E-state index contributed by atoms with van der Waals surface area (Å²) in [4.78, 5) is 6.83. The van der Waals surface area contributed by atoms with E-state index in [2.05, 4.69) is 51.3 Å². The van der Waals surface area contributed by atoms with E-state index in [0.29, 0.717) is 12.2 Å². The highest BCUT2D eigenvalue weighted by atomic mass is 16.5. The van der Waals surface area contributed by atoms with Gasteiger partial charge in [0.15, 0.2) is 0 Å². The summed E-state index contributed by atoms with van der Waals surface area (Å²) in [7, 11) is 0. The molecule has 4 nitrogen and oxygen atoms in total. The van der Waals surface area contributed by atoms with Gasteiger partial charge >= 0.3 is 0 Å². The van der Waals surface area contributed by atoms with Crippen LogP contribution < -0.4 is 0 Å². The molecule has 0 aromatic rings. The van der Waals surface area contributed by atoms with E-state index in [0.717, 1.165) is 96.8 Å². The summed E-state index contributed by atoms with van der Waals surface area (Å²) in [5.41, 5.74) is 0. The van der Waals surface area contributed by atoms with Crippen LogP contribution in [0, 0.1) is 47.3 Å². The van der Waals surface area contributed by atoms with Crippen molar-refractivity contribution in [2.45, 2.75) is 257 Å². The van der Waals surface area contributed by atoms with Crippen molar-refractivity contribution in [3.8, 4) is 0 Å². The van der Waals surface area contributed by atoms with Crippen molar-refractivity contribution in [1.29, 1.82) is 0 Å². The Bertz CT molecular complexity index is 1040. The molecule has 0 aliphatic heterocycles. The smallest absolute Gasteiger partial charge is 0.0576 e. The average molecular weight is 751 g/mol. The quantitative estimate of drug-likeness (QED) is 0.165. The van der Waals surface area contributed by atoms with Gasteiger partial charge in [-0.25, -0.2) is 0 Å². The summed E-state index contributed by atoms with van der Waals surface area (Å²) in [6, 6.07) is 4.86. The molecule has 0 amide bonds. The topological polar surface area (TPSA) is 24.9 Å².